The minimum absolute atomic E-state index is 0.228. The molecule has 0 saturated heterocycles. The first kappa shape index (κ1) is 20.4. The van der Waals surface area contributed by atoms with Crippen LogP contribution < -0.4 is 4.74 Å². The van der Waals surface area contributed by atoms with Crippen LogP contribution in [0.25, 0.3) is 11.1 Å². The molecule has 0 fully saturated rings. The Morgan fingerprint density at radius 2 is 1.59 bits per heavy atom. The predicted octanol–water partition coefficient (Wildman–Crippen LogP) is 5.72. The van der Waals surface area contributed by atoms with Gasteiger partial charge in [-0.25, -0.2) is 4.39 Å². The van der Waals surface area contributed by atoms with Crippen molar-refractivity contribution in [2.45, 2.75) is 19.2 Å². The van der Waals surface area contributed by atoms with E-state index in [2.05, 4.69) is 0 Å². The third-order valence-corrected chi connectivity index (χ3v) is 4.22. The van der Waals surface area contributed by atoms with E-state index in [9.17, 15) is 22.4 Å². The number of hydrogen-bond acceptors (Lipinski definition) is 2. The molecular weight excluding hydrogens is 388 g/mol. The zero-order valence-electron chi connectivity index (χ0n) is 15.0. The molecule has 150 valence electrons. The molecule has 1 N–H and O–H groups in total. The largest absolute Gasteiger partial charge is 0.488 e. The van der Waals surface area contributed by atoms with Crippen molar-refractivity contribution in [1.29, 1.82) is 0 Å². The van der Waals surface area contributed by atoms with Crippen LogP contribution in [0.4, 0.5) is 17.6 Å². The summed E-state index contributed by atoms with van der Waals surface area (Å²) in [4.78, 5) is 11.2. The molecule has 0 spiro atoms. The van der Waals surface area contributed by atoms with Crippen molar-refractivity contribution < 1.29 is 32.2 Å². The fourth-order valence-corrected chi connectivity index (χ4v) is 2.95. The Bertz CT molecular complexity index is 997. The van der Waals surface area contributed by atoms with Crippen molar-refractivity contribution in [2.24, 2.45) is 0 Å². The van der Waals surface area contributed by atoms with Gasteiger partial charge in [-0.1, -0.05) is 42.5 Å². The van der Waals surface area contributed by atoms with Crippen LogP contribution in [-0.2, 0) is 24.0 Å². The monoisotopic (exact) mass is 404 g/mol. The number of hydrogen-bond donors (Lipinski definition) is 1. The lowest BCUT2D eigenvalue weighted by atomic mass is 9.96. The summed E-state index contributed by atoms with van der Waals surface area (Å²) in [7, 11) is 0. The van der Waals surface area contributed by atoms with Gasteiger partial charge >= 0.3 is 12.1 Å². The van der Waals surface area contributed by atoms with E-state index in [1.54, 1.807) is 30.3 Å². The SMILES string of the molecule is O=C(O)Cc1cc(-c2ccccc2)cc(OCc2ccc(F)cc2)c1C(F)(F)F. The quantitative estimate of drug-likeness (QED) is 0.535. The van der Waals surface area contributed by atoms with Gasteiger partial charge in [-0.3, -0.25) is 4.79 Å². The summed E-state index contributed by atoms with van der Waals surface area (Å²) < 4.78 is 59.7. The van der Waals surface area contributed by atoms with Gasteiger partial charge in [-0.2, -0.15) is 13.2 Å². The number of carboxylic acids is 1. The predicted molar refractivity (Wildman–Crippen MR) is 99.0 cm³/mol. The van der Waals surface area contributed by atoms with Crippen LogP contribution in [0.5, 0.6) is 5.75 Å². The number of rotatable bonds is 6. The molecule has 0 aliphatic carbocycles. The minimum Gasteiger partial charge on any atom is -0.488 e. The molecule has 0 aliphatic rings. The Kier molecular flexibility index (Phi) is 5.87. The maximum atomic E-state index is 13.7. The van der Waals surface area contributed by atoms with Gasteiger partial charge in [0.15, 0.2) is 0 Å². The van der Waals surface area contributed by atoms with E-state index in [0.29, 0.717) is 16.7 Å². The lowest BCUT2D eigenvalue weighted by Crippen LogP contribution is -2.15. The molecule has 0 aromatic heterocycles. The number of halogens is 4. The Balaban J connectivity index is 2.08. The molecule has 0 aliphatic heterocycles. The Hall–Kier alpha value is -3.35. The second-order valence-corrected chi connectivity index (χ2v) is 6.36. The van der Waals surface area contributed by atoms with E-state index in [4.69, 9.17) is 9.84 Å². The summed E-state index contributed by atoms with van der Waals surface area (Å²) in [5.74, 6) is -2.33. The number of ether oxygens (including phenoxy) is 1. The van der Waals surface area contributed by atoms with Crippen molar-refractivity contribution in [2.75, 3.05) is 0 Å². The van der Waals surface area contributed by atoms with E-state index in [0.717, 1.165) is 0 Å². The topological polar surface area (TPSA) is 46.5 Å². The molecule has 3 aromatic rings. The van der Waals surface area contributed by atoms with Crippen molar-refractivity contribution >= 4 is 5.97 Å². The lowest BCUT2D eigenvalue weighted by molar-refractivity contribution is -0.140. The van der Waals surface area contributed by atoms with Crippen LogP contribution in [0.2, 0.25) is 0 Å². The highest BCUT2D eigenvalue weighted by Crippen LogP contribution is 2.42. The fourth-order valence-electron chi connectivity index (χ4n) is 2.95. The number of alkyl halides is 3. The van der Waals surface area contributed by atoms with Crippen LogP contribution >= 0.6 is 0 Å². The van der Waals surface area contributed by atoms with E-state index in [1.165, 1.54) is 36.4 Å². The molecule has 3 nitrogen and oxygen atoms in total. The van der Waals surface area contributed by atoms with Crippen molar-refractivity contribution in [1.82, 2.24) is 0 Å². The van der Waals surface area contributed by atoms with Crippen LogP contribution in [0.1, 0.15) is 16.7 Å². The van der Waals surface area contributed by atoms with Crippen molar-refractivity contribution in [3.63, 3.8) is 0 Å². The van der Waals surface area contributed by atoms with E-state index >= 15 is 0 Å². The summed E-state index contributed by atoms with van der Waals surface area (Å²) in [6.07, 6.45) is -5.61. The summed E-state index contributed by atoms with van der Waals surface area (Å²) >= 11 is 0. The Morgan fingerprint density at radius 1 is 0.931 bits per heavy atom. The molecule has 0 unspecified atom stereocenters. The second-order valence-electron chi connectivity index (χ2n) is 6.36. The van der Waals surface area contributed by atoms with Gasteiger partial charge in [-0.05, 0) is 46.5 Å². The van der Waals surface area contributed by atoms with Crippen LogP contribution in [-0.4, -0.2) is 11.1 Å². The molecule has 3 aromatic carbocycles. The summed E-state index contributed by atoms with van der Waals surface area (Å²) in [5, 5.41) is 9.10. The molecule has 0 atom stereocenters. The number of carbonyl (C=O) groups is 1. The Labute approximate surface area is 164 Å². The van der Waals surface area contributed by atoms with E-state index in [-0.39, 0.29) is 12.2 Å². The second kappa shape index (κ2) is 8.34. The van der Waals surface area contributed by atoms with Gasteiger partial charge < -0.3 is 9.84 Å². The van der Waals surface area contributed by atoms with Gasteiger partial charge in [-0.15, -0.1) is 0 Å². The molecule has 0 saturated carbocycles. The molecular formula is C22H16F4O3. The number of aliphatic carboxylic acids is 1. The summed E-state index contributed by atoms with van der Waals surface area (Å²) in [6, 6.07) is 16.3. The zero-order chi connectivity index (χ0) is 21.0. The number of carboxylic acid groups (broad SMARTS) is 1. The molecule has 3 rings (SSSR count). The average Bonchev–Trinajstić information content (AvgIpc) is 2.66. The highest BCUT2D eigenvalue weighted by atomic mass is 19.4. The first-order valence-electron chi connectivity index (χ1n) is 8.62. The molecule has 0 amide bonds. The van der Waals surface area contributed by atoms with Crippen LogP contribution in [0, 0.1) is 5.82 Å². The number of benzene rings is 3. The van der Waals surface area contributed by atoms with Gasteiger partial charge in [0.05, 0.1) is 6.42 Å². The summed E-state index contributed by atoms with van der Waals surface area (Å²) in [5.41, 5.74) is -0.00460. The molecule has 0 bridgehead atoms. The highest BCUT2D eigenvalue weighted by Gasteiger charge is 2.38. The maximum absolute atomic E-state index is 13.7. The smallest absolute Gasteiger partial charge is 0.420 e. The van der Waals surface area contributed by atoms with Crippen LogP contribution in [0.3, 0.4) is 0 Å². The van der Waals surface area contributed by atoms with E-state index in [1.807, 2.05) is 0 Å². The van der Waals surface area contributed by atoms with Crippen molar-refractivity contribution in [3.05, 3.63) is 89.2 Å². The molecule has 7 heteroatoms. The Morgan fingerprint density at radius 3 is 2.17 bits per heavy atom. The first-order chi connectivity index (χ1) is 13.7. The first-order valence-corrected chi connectivity index (χ1v) is 8.62. The fraction of sp³-hybridized carbons (Fsp3) is 0.136. The molecule has 0 radical (unpaired) electrons. The molecule has 0 heterocycles. The van der Waals surface area contributed by atoms with Gasteiger partial charge in [0, 0.05) is 0 Å². The normalized spacial score (nSPS) is 11.3. The van der Waals surface area contributed by atoms with Gasteiger partial charge in [0.2, 0.25) is 0 Å². The third-order valence-electron chi connectivity index (χ3n) is 4.22. The van der Waals surface area contributed by atoms with E-state index < -0.39 is 35.7 Å². The third kappa shape index (κ3) is 5.13. The highest BCUT2D eigenvalue weighted by molar-refractivity contribution is 5.75. The van der Waals surface area contributed by atoms with Gasteiger partial charge in [0.25, 0.3) is 0 Å². The standard InChI is InChI=1S/C22H16F4O3/c23-18-8-6-14(7-9-18)13-29-19-11-16(15-4-2-1-3-5-15)10-17(12-20(27)28)21(19)22(24,25)26/h1-11H,12-13H2,(H,27,28). The van der Waals surface area contributed by atoms with Crippen LogP contribution in [0.15, 0.2) is 66.7 Å². The maximum Gasteiger partial charge on any atom is 0.420 e. The minimum atomic E-state index is -4.81. The van der Waals surface area contributed by atoms with Gasteiger partial charge in [0.1, 0.15) is 23.7 Å². The lowest BCUT2D eigenvalue weighted by Gasteiger charge is -2.19. The van der Waals surface area contributed by atoms with Crippen molar-refractivity contribution in [3.8, 4) is 16.9 Å². The molecule has 29 heavy (non-hydrogen) atoms. The average molecular weight is 404 g/mol. The zero-order valence-corrected chi connectivity index (χ0v) is 15.0. The summed E-state index contributed by atoms with van der Waals surface area (Å²) in [6.45, 7) is -0.228.